The molecule has 2 aliphatic rings. The highest BCUT2D eigenvalue weighted by Gasteiger charge is 2.30. The smallest absolute Gasteiger partial charge is 0.196 e. The van der Waals surface area contributed by atoms with Gasteiger partial charge in [0.15, 0.2) is 5.96 Å². The predicted molar refractivity (Wildman–Crippen MR) is 69.6 cm³/mol. The lowest BCUT2D eigenvalue weighted by Crippen LogP contribution is -2.38. The van der Waals surface area contributed by atoms with E-state index in [0.29, 0.717) is 12.1 Å². The summed E-state index contributed by atoms with van der Waals surface area (Å²) in [5.74, 6) is 0.886. The molecule has 1 aliphatic carbocycles. The van der Waals surface area contributed by atoms with Crippen molar-refractivity contribution in [1.29, 1.82) is 0 Å². The van der Waals surface area contributed by atoms with Crippen LogP contribution < -0.4 is 10.6 Å². The molecule has 1 fully saturated rings. The second-order valence-corrected chi connectivity index (χ2v) is 5.49. The van der Waals surface area contributed by atoms with Crippen molar-refractivity contribution in [3.05, 3.63) is 15.8 Å². The highest BCUT2D eigenvalue weighted by molar-refractivity contribution is 7.09. The molecular formula is C11H14ClN3S. The highest BCUT2D eigenvalue weighted by Crippen LogP contribution is 2.28. The third-order valence-electron chi connectivity index (χ3n) is 3.21. The Balaban J connectivity index is 1.71. The Bertz CT molecular complexity index is 415. The molecule has 0 bridgehead atoms. The van der Waals surface area contributed by atoms with Gasteiger partial charge in [0, 0.05) is 10.8 Å². The fourth-order valence-electron chi connectivity index (χ4n) is 2.38. The topological polar surface area (TPSA) is 36.4 Å². The van der Waals surface area contributed by atoms with Gasteiger partial charge in [0.1, 0.15) is 0 Å². The van der Waals surface area contributed by atoms with Gasteiger partial charge in [-0.2, -0.15) is 0 Å². The number of fused-ring (bicyclic) bond motifs is 1. The molecule has 2 heterocycles. The molecule has 1 aliphatic heterocycles. The van der Waals surface area contributed by atoms with Gasteiger partial charge in [-0.15, -0.1) is 11.3 Å². The summed E-state index contributed by atoms with van der Waals surface area (Å²) in [5, 5.41) is 11.4. The van der Waals surface area contributed by atoms with Gasteiger partial charge < -0.3 is 10.6 Å². The van der Waals surface area contributed by atoms with Gasteiger partial charge in [-0.3, -0.25) is 0 Å². The zero-order valence-corrected chi connectivity index (χ0v) is 10.4. The van der Waals surface area contributed by atoms with Crippen LogP contribution in [0.5, 0.6) is 0 Å². The molecule has 2 N–H and O–H groups in total. The first-order valence-corrected chi connectivity index (χ1v) is 6.98. The SMILES string of the molecule is Clc1cscc1NC1=N[C@H]2CCCC[C@H]2N1. The molecule has 16 heavy (non-hydrogen) atoms. The minimum Gasteiger partial charge on any atom is -0.351 e. The summed E-state index contributed by atoms with van der Waals surface area (Å²) in [6, 6.07) is 1.00. The molecular weight excluding hydrogens is 242 g/mol. The van der Waals surface area contributed by atoms with E-state index in [0.717, 1.165) is 16.7 Å². The van der Waals surface area contributed by atoms with Gasteiger partial charge in [-0.25, -0.2) is 4.99 Å². The van der Waals surface area contributed by atoms with Crippen LogP contribution in [-0.2, 0) is 0 Å². The van der Waals surface area contributed by atoms with E-state index in [4.69, 9.17) is 11.6 Å². The second kappa shape index (κ2) is 4.26. The van der Waals surface area contributed by atoms with Gasteiger partial charge in [0.05, 0.1) is 22.8 Å². The lowest BCUT2D eigenvalue weighted by molar-refractivity contribution is 0.384. The zero-order valence-electron chi connectivity index (χ0n) is 8.87. The molecule has 1 aromatic rings. The largest absolute Gasteiger partial charge is 0.351 e. The Labute approximate surface area is 104 Å². The van der Waals surface area contributed by atoms with Crippen molar-refractivity contribution in [2.24, 2.45) is 4.99 Å². The Morgan fingerprint density at radius 1 is 1.38 bits per heavy atom. The molecule has 0 saturated heterocycles. The van der Waals surface area contributed by atoms with Gasteiger partial charge in [-0.05, 0) is 12.8 Å². The van der Waals surface area contributed by atoms with Crippen molar-refractivity contribution >= 4 is 34.6 Å². The second-order valence-electron chi connectivity index (χ2n) is 4.34. The van der Waals surface area contributed by atoms with Crippen LogP contribution in [0, 0.1) is 0 Å². The van der Waals surface area contributed by atoms with E-state index in [1.54, 1.807) is 11.3 Å². The molecule has 2 atom stereocenters. The van der Waals surface area contributed by atoms with Crippen molar-refractivity contribution in [3.63, 3.8) is 0 Å². The first-order valence-electron chi connectivity index (χ1n) is 5.66. The molecule has 1 aromatic heterocycles. The summed E-state index contributed by atoms with van der Waals surface area (Å²) in [7, 11) is 0. The summed E-state index contributed by atoms with van der Waals surface area (Å²) in [6.07, 6.45) is 5.06. The zero-order chi connectivity index (χ0) is 11.0. The average molecular weight is 256 g/mol. The van der Waals surface area contributed by atoms with Gasteiger partial charge in [0.2, 0.25) is 0 Å². The van der Waals surface area contributed by atoms with Gasteiger partial charge >= 0.3 is 0 Å². The molecule has 3 nitrogen and oxygen atoms in total. The van der Waals surface area contributed by atoms with Gasteiger partial charge in [-0.1, -0.05) is 24.4 Å². The maximum Gasteiger partial charge on any atom is 0.196 e. The monoisotopic (exact) mass is 255 g/mol. The molecule has 5 heteroatoms. The van der Waals surface area contributed by atoms with E-state index in [-0.39, 0.29) is 0 Å². The minimum absolute atomic E-state index is 0.466. The number of hydrogen-bond acceptors (Lipinski definition) is 4. The fourth-order valence-corrected chi connectivity index (χ4v) is 3.34. The number of thiophene rings is 1. The molecule has 0 aromatic carbocycles. The number of rotatable bonds is 1. The standard InChI is InChI=1S/C11H14ClN3S/c12-7-5-16-6-10(7)15-11-13-8-3-1-2-4-9(8)14-11/h5-6,8-9H,1-4H2,(H2,13,14,15)/t8-,9+. The molecule has 0 radical (unpaired) electrons. The van der Waals surface area contributed by atoms with E-state index < -0.39 is 0 Å². The van der Waals surface area contributed by atoms with Crippen LogP contribution in [0.3, 0.4) is 0 Å². The van der Waals surface area contributed by atoms with Crippen LogP contribution in [0.4, 0.5) is 5.69 Å². The van der Waals surface area contributed by atoms with E-state index in [9.17, 15) is 0 Å². The van der Waals surface area contributed by atoms with Crippen LogP contribution in [0.1, 0.15) is 25.7 Å². The summed E-state index contributed by atoms with van der Waals surface area (Å²) < 4.78 is 0. The van der Waals surface area contributed by atoms with E-state index in [1.165, 1.54) is 25.7 Å². The quantitative estimate of drug-likeness (QED) is 0.809. The summed E-state index contributed by atoms with van der Waals surface area (Å²) >= 11 is 7.63. The number of anilines is 1. The number of guanidine groups is 1. The number of nitrogens with one attached hydrogen (secondary N) is 2. The number of aliphatic imine (C=N–C) groups is 1. The third kappa shape index (κ3) is 1.92. The molecule has 3 rings (SSSR count). The van der Waals surface area contributed by atoms with Crippen LogP contribution in [0.25, 0.3) is 0 Å². The Morgan fingerprint density at radius 3 is 3.00 bits per heavy atom. The summed E-state index contributed by atoms with van der Waals surface area (Å²) in [4.78, 5) is 4.67. The van der Waals surface area contributed by atoms with Crippen molar-refractivity contribution in [1.82, 2.24) is 5.32 Å². The first kappa shape index (κ1) is 10.4. The van der Waals surface area contributed by atoms with E-state index in [1.807, 2.05) is 10.8 Å². The normalized spacial score (nSPS) is 28.2. The van der Waals surface area contributed by atoms with E-state index in [2.05, 4.69) is 15.6 Å². The van der Waals surface area contributed by atoms with Gasteiger partial charge in [0.25, 0.3) is 0 Å². The van der Waals surface area contributed by atoms with Crippen molar-refractivity contribution < 1.29 is 0 Å². The summed E-state index contributed by atoms with van der Waals surface area (Å²) in [5.41, 5.74) is 0.955. The average Bonchev–Trinajstić information content (AvgIpc) is 2.85. The predicted octanol–water partition coefficient (Wildman–Crippen LogP) is 3.08. The number of nitrogens with zero attached hydrogens (tertiary/aromatic N) is 1. The Kier molecular flexibility index (Phi) is 2.77. The van der Waals surface area contributed by atoms with Crippen molar-refractivity contribution in [3.8, 4) is 0 Å². The third-order valence-corrected chi connectivity index (χ3v) is 4.40. The summed E-state index contributed by atoms with van der Waals surface area (Å²) in [6.45, 7) is 0. The van der Waals surface area contributed by atoms with Crippen molar-refractivity contribution in [2.45, 2.75) is 37.8 Å². The minimum atomic E-state index is 0.466. The van der Waals surface area contributed by atoms with Crippen LogP contribution in [0.2, 0.25) is 5.02 Å². The number of halogens is 1. The Morgan fingerprint density at radius 2 is 2.25 bits per heavy atom. The lowest BCUT2D eigenvalue weighted by atomic mass is 9.92. The maximum atomic E-state index is 6.04. The molecule has 86 valence electrons. The molecule has 0 spiro atoms. The van der Waals surface area contributed by atoms with Crippen LogP contribution >= 0.6 is 22.9 Å². The Hall–Kier alpha value is -0.740. The number of hydrogen-bond donors (Lipinski definition) is 2. The van der Waals surface area contributed by atoms with Crippen LogP contribution in [0.15, 0.2) is 15.8 Å². The van der Waals surface area contributed by atoms with Crippen molar-refractivity contribution in [2.75, 3.05) is 5.32 Å². The van der Waals surface area contributed by atoms with E-state index >= 15 is 0 Å². The molecule has 0 unspecified atom stereocenters. The first-order chi connectivity index (χ1) is 7.83. The molecule has 1 saturated carbocycles. The highest BCUT2D eigenvalue weighted by atomic mass is 35.5. The molecule has 0 amide bonds. The van der Waals surface area contributed by atoms with Crippen LogP contribution in [-0.4, -0.2) is 18.0 Å². The maximum absolute atomic E-state index is 6.04. The lowest BCUT2D eigenvalue weighted by Gasteiger charge is -2.23. The fraction of sp³-hybridized carbons (Fsp3) is 0.545.